The van der Waals surface area contributed by atoms with Crippen molar-refractivity contribution < 1.29 is 43.6 Å². The number of carboxylic acids is 2. The van der Waals surface area contributed by atoms with Gasteiger partial charge in [0.1, 0.15) is 39.9 Å². The lowest BCUT2D eigenvalue weighted by Gasteiger charge is -2.49. The molecule has 0 aromatic carbocycles. The normalized spacial score (nSPS) is 18.1. The van der Waals surface area contributed by atoms with Gasteiger partial charge in [0.05, 0.1) is 0 Å². The Morgan fingerprint density at radius 2 is 2.02 bits per heavy atom. The molecule has 47 heavy (non-hydrogen) atoms. The molecule has 4 heterocycles. The topological polar surface area (TPSA) is 282 Å². The number of aromatic nitrogens is 3. The van der Waals surface area contributed by atoms with Gasteiger partial charge in [0.15, 0.2) is 16.5 Å². The fourth-order valence-electron chi connectivity index (χ4n) is 4.16. The Balaban J connectivity index is 1.51. The molecule has 0 saturated carbocycles. The largest absolute Gasteiger partial charge is 0.478 e. The first-order valence-corrected chi connectivity index (χ1v) is 15.8. The minimum atomic E-state index is -1.83. The third-order valence-electron chi connectivity index (χ3n) is 6.61. The fraction of sp³-hybridized carbons (Fsp3) is 0.346. The van der Waals surface area contributed by atoms with E-state index in [1.165, 1.54) is 31.9 Å². The number of carbonyl (C=O) groups excluding carboxylic acids is 3. The highest BCUT2D eigenvalue weighted by Gasteiger charge is 2.54. The number of β-lactam (4-membered cyclic amide) rings is 1. The number of anilines is 3. The minimum Gasteiger partial charge on any atom is -0.478 e. The number of aliphatic carboxylic acids is 2. The first kappa shape index (κ1) is 35.1. The van der Waals surface area contributed by atoms with Crippen molar-refractivity contribution in [3.8, 4) is 0 Å². The van der Waals surface area contributed by atoms with E-state index in [4.69, 9.17) is 33.6 Å². The molecule has 3 amide bonds. The van der Waals surface area contributed by atoms with Crippen LogP contribution in [0.25, 0.3) is 0 Å². The van der Waals surface area contributed by atoms with Gasteiger partial charge in [0, 0.05) is 18.7 Å². The zero-order valence-electron chi connectivity index (χ0n) is 24.8. The average Bonchev–Trinajstić information content (AvgIpc) is 3.33. The van der Waals surface area contributed by atoms with Crippen LogP contribution >= 0.6 is 34.7 Å². The lowest BCUT2D eigenvalue weighted by Crippen LogP contribution is -2.71. The lowest BCUT2D eigenvalue weighted by atomic mass is 10.0. The molecule has 18 nitrogen and oxygen atoms in total. The highest BCUT2D eigenvalue weighted by atomic mass is 35.5. The van der Waals surface area contributed by atoms with Crippen molar-refractivity contribution in [2.75, 3.05) is 29.1 Å². The van der Waals surface area contributed by atoms with Crippen molar-refractivity contribution in [2.45, 2.75) is 43.8 Å². The van der Waals surface area contributed by atoms with Gasteiger partial charge >= 0.3 is 11.9 Å². The molecule has 10 N–H and O–H groups in total. The Morgan fingerprint density at radius 3 is 2.64 bits per heavy atom. The number of carbonyl (C=O) groups is 5. The van der Waals surface area contributed by atoms with E-state index in [0.717, 1.165) is 16.2 Å². The quantitative estimate of drug-likeness (QED) is 0.0598. The molecule has 250 valence electrons. The number of fused-ring (bicyclic) bond motifs is 1. The van der Waals surface area contributed by atoms with Gasteiger partial charge in [0.2, 0.25) is 11.5 Å². The third-order valence-corrected chi connectivity index (χ3v) is 8.99. The summed E-state index contributed by atoms with van der Waals surface area (Å²) in [7, 11) is 0. The molecule has 1 fully saturated rings. The van der Waals surface area contributed by atoms with Crippen LogP contribution in [-0.4, -0.2) is 89.8 Å². The molecule has 1 saturated heterocycles. The molecule has 21 heteroatoms. The molecular formula is C26H30ClN10O8S2+. The summed E-state index contributed by atoms with van der Waals surface area (Å²) < 4.78 is 1.57. The molecule has 0 bridgehead atoms. The molecule has 2 aromatic rings. The van der Waals surface area contributed by atoms with Crippen molar-refractivity contribution in [1.29, 1.82) is 0 Å². The predicted octanol–water partition coefficient (Wildman–Crippen LogP) is -0.490. The molecule has 2 aliphatic rings. The fourth-order valence-corrected chi connectivity index (χ4v) is 6.41. The van der Waals surface area contributed by atoms with Crippen molar-refractivity contribution in [3.05, 3.63) is 46.0 Å². The maximum atomic E-state index is 13.3. The summed E-state index contributed by atoms with van der Waals surface area (Å²) in [4.78, 5) is 76.4. The molecule has 0 unspecified atom stereocenters. The number of nitrogens with two attached hydrogens (primary N) is 3. The zero-order valence-corrected chi connectivity index (χ0v) is 27.2. The molecule has 2 aliphatic heterocycles. The van der Waals surface area contributed by atoms with Crippen molar-refractivity contribution in [1.82, 2.24) is 20.2 Å². The molecule has 0 radical (unpaired) electrons. The number of oxime groups is 1. The van der Waals surface area contributed by atoms with Crippen LogP contribution in [0.3, 0.4) is 0 Å². The third kappa shape index (κ3) is 7.79. The summed E-state index contributed by atoms with van der Waals surface area (Å²) in [6, 6.07) is -1.16. The second kappa shape index (κ2) is 14.3. The number of thioether (sulfide) groups is 1. The molecule has 2 atom stereocenters. The Bertz CT molecular complexity index is 1730. The first-order chi connectivity index (χ1) is 22.1. The summed E-state index contributed by atoms with van der Waals surface area (Å²) in [5, 5.41) is 27.4. The number of hydrogen-bond donors (Lipinski definition) is 7. The van der Waals surface area contributed by atoms with Crippen molar-refractivity contribution in [2.24, 2.45) is 10.9 Å². The summed E-state index contributed by atoms with van der Waals surface area (Å²) >= 11 is 8.22. The highest BCUT2D eigenvalue weighted by Crippen LogP contribution is 2.40. The van der Waals surface area contributed by atoms with Crippen LogP contribution in [0.2, 0.25) is 4.34 Å². The number of nitrogen functional groups attached to an aromatic ring is 2. The smallest absolute Gasteiger partial charge is 0.352 e. The number of amides is 3. The van der Waals surface area contributed by atoms with Crippen LogP contribution in [-0.2, 0) is 35.4 Å². The number of thiazole rings is 1. The van der Waals surface area contributed by atoms with Gasteiger partial charge in [-0.05, 0) is 30.5 Å². The number of nitrogens with zero attached hydrogens (tertiary/aromatic N) is 5. The SMILES string of the molecule is CC(C)(O/N=C(\C(=O)N[C@@H]1C(=O)N2C(C(=O)O)=C(/C=C/C[n+]3cnc(N)c(NC(=O)CCN)c3)CS[C@H]12)c1nc(N)sc1Cl)C(=O)O. The van der Waals surface area contributed by atoms with Gasteiger partial charge in [-0.3, -0.25) is 19.3 Å². The molecule has 0 aliphatic carbocycles. The van der Waals surface area contributed by atoms with E-state index < -0.39 is 46.5 Å². The van der Waals surface area contributed by atoms with Gasteiger partial charge in [0.25, 0.3) is 24.0 Å². The van der Waals surface area contributed by atoms with Crippen molar-refractivity contribution in [3.63, 3.8) is 0 Å². The summed E-state index contributed by atoms with van der Waals surface area (Å²) in [5.74, 6) is -4.45. The number of hydrogen-bond acceptors (Lipinski definition) is 14. The van der Waals surface area contributed by atoms with Crippen molar-refractivity contribution >= 4 is 86.7 Å². The van der Waals surface area contributed by atoms with Crippen LogP contribution in [0.15, 0.2) is 41.1 Å². The summed E-state index contributed by atoms with van der Waals surface area (Å²) in [6.45, 7) is 2.79. The standard InChI is InChI=1S/C26H29ClN10O8S2/c1-26(2,24(43)44)45-35-15(14-18(27)47-25(30)34-14)20(39)33-16-21(40)37-17(23(41)42)11(9-46-22(16)37)4-3-7-36-8-12(19(29)31-10-36)32-13(38)5-6-28/h3-4,8,10,16,22,29H,5-7,9,28H2,1-2H3,(H6,30,32,33,34,38,39,41,42,43,44)/p+1/b4-3+,35-15-/t16-,22-/m1/s1. The lowest BCUT2D eigenvalue weighted by molar-refractivity contribution is -0.689. The highest BCUT2D eigenvalue weighted by molar-refractivity contribution is 8.00. The van der Waals surface area contributed by atoms with E-state index in [0.29, 0.717) is 5.57 Å². The van der Waals surface area contributed by atoms with Crippen LogP contribution in [0.1, 0.15) is 26.0 Å². The minimum absolute atomic E-state index is 0.00525. The zero-order chi connectivity index (χ0) is 34.6. The predicted molar refractivity (Wildman–Crippen MR) is 171 cm³/mol. The van der Waals surface area contributed by atoms with E-state index in [1.54, 1.807) is 22.9 Å². The van der Waals surface area contributed by atoms with Gasteiger partial charge < -0.3 is 42.9 Å². The molecule has 2 aromatic heterocycles. The first-order valence-electron chi connectivity index (χ1n) is 13.6. The van der Waals surface area contributed by atoms with E-state index in [-0.39, 0.29) is 63.5 Å². The number of allylic oxidation sites excluding steroid dienone is 2. The van der Waals surface area contributed by atoms with E-state index in [9.17, 15) is 34.2 Å². The Morgan fingerprint density at radius 1 is 1.30 bits per heavy atom. The van der Waals surface area contributed by atoms with E-state index >= 15 is 0 Å². The van der Waals surface area contributed by atoms with Gasteiger partial charge in [-0.15, -0.1) is 11.8 Å². The second-order valence-electron chi connectivity index (χ2n) is 10.4. The van der Waals surface area contributed by atoms with Crippen LogP contribution in [0.5, 0.6) is 0 Å². The number of nitrogens with one attached hydrogen (secondary N) is 2. The molecule has 0 spiro atoms. The monoisotopic (exact) mass is 709 g/mol. The summed E-state index contributed by atoms with van der Waals surface area (Å²) in [5.41, 5.74) is 14.8. The second-order valence-corrected chi connectivity index (χ2v) is 13.2. The average molecular weight is 710 g/mol. The van der Waals surface area contributed by atoms with Crippen LogP contribution < -0.4 is 32.4 Å². The number of rotatable bonds is 13. The van der Waals surface area contributed by atoms with Gasteiger partial charge in [-0.2, -0.15) is 0 Å². The summed E-state index contributed by atoms with van der Waals surface area (Å²) in [6.07, 6.45) is 6.30. The number of carboxylic acid groups (broad SMARTS) is 2. The van der Waals surface area contributed by atoms with Gasteiger partial charge in [-0.25, -0.2) is 19.1 Å². The maximum Gasteiger partial charge on any atom is 0.352 e. The van der Waals surface area contributed by atoms with Crippen LogP contribution in [0, 0.1) is 0 Å². The molecular weight excluding hydrogens is 680 g/mol. The van der Waals surface area contributed by atoms with Gasteiger partial charge in [-0.1, -0.05) is 34.2 Å². The Kier molecular flexibility index (Phi) is 10.7. The Hall–Kier alpha value is -4.79. The molecule has 4 rings (SSSR count). The van der Waals surface area contributed by atoms with Crippen LogP contribution in [0.4, 0.5) is 16.6 Å². The number of halogens is 1. The Labute approximate surface area is 279 Å². The van der Waals surface area contributed by atoms with E-state index in [1.807, 2.05) is 0 Å². The van der Waals surface area contributed by atoms with E-state index in [2.05, 4.69) is 25.8 Å². The maximum absolute atomic E-state index is 13.3.